The van der Waals surface area contributed by atoms with Crippen molar-refractivity contribution in [2.24, 2.45) is 0 Å². The maximum absolute atomic E-state index is 13.7. The Morgan fingerprint density at radius 2 is 1.65 bits per heavy atom. The molecule has 4 aromatic rings. The van der Waals surface area contributed by atoms with Crippen LogP contribution in [0.5, 0.6) is 11.5 Å². The predicted molar refractivity (Wildman–Crippen MR) is 149 cm³/mol. The molecule has 0 bridgehead atoms. The molecule has 1 heterocycles. The lowest BCUT2D eigenvalue weighted by Crippen LogP contribution is -2.53. The number of amides is 2. The highest BCUT2D eigenvalue weighted by molar-refractivity contribution is 14.1. The number of para-hydroxylation sites is 2. The summed E-state index contributed by atoms with van der Waals surface area (Å²) in [4.78, 5) is 27.3. The Morgan fingerprint density at radius 3 is 2.43 bits per heavy atom. The van der Waals surface area contributed by atoms with E-state index in [-0.39, 0.29) is 5.91 Å². The Bertz CT molecular complexity index is 1440. The van der Waals surface area contributed by atoms with Crippen LogP contribution in [0.4, 0.5) is 5.69 Å². The lowest BCUT2D eigenvalue weighted by Gasteiger charge is -2.38. The lowest BCUT2D eigenvalue weighted by atomic mass is 10.0. The van der Waals surface area contributed by atoms with Gasteiger partial charge in [-0.1, -0.05) is 60.7 Å². The van der Waals surface area contributed by atoms with Gasteiger partial charge in [0.15, 0.2) is 6.17 Å². The highest BCUT2D eigenvalue weighted by Crippen LogP contribution is 2.36. The number of anilines is 1. The lowest BCUT2D eigenvalue weighted by molar-refractivity contribution is 0.0486. The van der Waals surface area contributed by atoms with E-state index in [0.717, 1.165) is 9.13 Å². The quantitative estimate of drug-likeness (QED) is 0.261. The van der Waals surface area contributed by atoms with Crippen molar-refractivity contribution >= 4 is 40.1 Å². The molecule has 0 spiro atoms. The van der Waals surface area contributed by atoms with Crippen LogP contribution >= 0.6 is 22.6 Å². The first-order valence-electron chi connectivity index (χ1n) is 11.6. The van der Waals surface area contributed by atoms with E-state index in [2.05, 4.69) is 33.3 Å². The molecule has 0 saturated heterocycles. The van der Waals surface area contributed by atoms with E-state index in [0.29, 0.717) is 40.5 Å². The molecule has 186 valence electrons. The standard InChI is InChI=1S/C29H24IN3O4/c1-36-25-13-7-5-11-21(25)27-31-24-16-15-20(30)17-23(24)29(35)33(27)32-28(34)22-12-6-8-14-26(22)37-18-19-9-3-2-4-10-19/h2-17,27,31H,18H2,1H3,(H,32,34). The number of ether oxygens (including phenoxy) is 2. The van der Waals surface area contributed by atoms with Crippen LogP contribution in [0.15, 0.2) is 97.1 Å². The minimum atomic E-state index is -0.697. The third kappa shape index (κ3) is 5.24. The van der Waals surface area contributed by atoms with Crippen LogP contribution in [0.2, 0.25) is 0 Å². The molecule has 4 aromatic carbocycles. The number of carbonyl (C=O) groups excluding carboxylic acids is 2. The van der Waals surface area contributed by atoms with Gasteiger partial charge in [0.05, 0.1) is 18.2 Å². The summed E-state index contributed by atoms with van der Waals surface area (Å²) in [5, 5.41) is 4.70. The van der Waals surface area contributed by atoms with Crippen molar-refractivity contribution in [3.8, 4) is 11.5 Å². The summed E-state index contributed by atoms with van der Waals surface area (Å²) in [6, 6.07) is 29.7. The fourth-order valence-electron chi connectivity index (χ4n) is 4.19. The van der Waals surface area contributed by atoms with E-state index in [1.165, 1.54) is 5.01 Å². The Hall–Kier alpha value is -4.05. The van der Waals surface area contributed by atoms with Gasteiger partial charge in [-0.3, -0.25) is 15.0 Å². The summed E-state index contributed by atoms with van der Waals surface area (Å²) in [5.74, 6) is 0.213. The van der Waals surface area contributed by atoms with Gasteiger partial charge in [-0.15, -0.1) is 0 Å². The number of benzene rings is 4. The number of methoxy groups -OCH3 is 1. The smallest absolute Gasteiger partial charge is 0.276 e. The molecule has 0 radical (unpaired) electrons. The molecule has 1 unspecified atom stereocenters. The molecule has 0 aromatic heterocycles. The molecule has 7 nitrogen and oxygen atoms in total. The van der Waals surface area contributed by atoms with Gasteiger partial charge in [0.2, 0.25) is 0 Å². The maximum atomic E-state index is 13.7. The zero-order valence-corrected chi connectivity index (χ0v) is 22.1. The van der Waals surface area contributed by atoms with Gasteiger partial charge < -0.3 is 14.8 Å². The van der Waals surface area contributed by atoms with Gasteiger partial charge in [0.1, 0.15) is 18.1 Å². The van der Waals surface area contributed by atoms with Gasteiger partial charge in [-0.25, -0.2) is 5.01 Å². The minimum absolute atomic E-state index is 0.311. The number of hydrogen-bond acceptors (Lipinski definition) is 5. The normalized spacial score (nSPS) is 14.4. The van der Waals surface area contributed by atoms with Crippen LogP contribution in [0.25, 0.3) is 0 Å². The molecule has 8 heteroatoms. The van der Waals surface area contributed by atoms with E-state index in [1.54, 1.807) is 37.4 Å². The highest BCUT2D eigenvalue weighted by Gasteiger charge is 2.36. The summed E-state index contributed by atoms with van der Waals surface area (Å²) in [7, 11) is 1.57. The zero-order valence-electron chi connectivity index (χ0n) is 20.0. The second-order valence-corrected chi connectivity index (χ2v) is 9.61. The van der Waals surface area contributed by atoms with Crippen LogP contribution in [0.3, 0.4) is 0 Å². The van der Waals surface area contributed by atoms with Gasteiger partial charge in [-0.05, 0) is 64.6 Å². The maximum Gasteiger partial charge on any atom is 0.276 e. The summed E-state index contributed by atoms with van der Waals surface area (Å²) >= 11 is 2.16. The number of nitrogens with one attached hydrogen (secondary N) is 2. The molecule has 37 heavy (non-hydrogen) atoms. The SMILES string of the molecule is COc1ccccc1C1Nc2ccc(I)cc2C(=O)N1NC(=O)c1ccccc1OCc1ccccc1. The van der Waals surface area contributed by atoms with E-state index in [9.17, 15) is 9.59 Å². The van der Waals surface area contributed by atoms with Crippen molar-refractivity contribution in [3.63, 3.8) is 0 Å². The Morgan fingerprint density at radius 1 is 0.946 bits per heavy atom. The molecule has 1 atom stereocenters. The molecule has 2 amide bonds. The van der Waals surface area contributed by atoms with Crippen LogP contribution in [-0.4, -0.2) is 23.9 Å². The molecular formula is C29H24IN3O4. The number of fused-ring (bicyclic) bond motifs is 1. The topological polar surface area (TPSA) is 79.9 Å². The van der Waals surface area contributed by atoms with E-state index < -0.39 is 12.1 Å². The molecule has 1 aliphatic rings. The van der Waals surface area contributed by atoms with Crippen molar-refractivity contribution in [1.29, 1.82) is 0 Å². The number of halogens is 1. The molecular weight excluding hydrogens is 581 g/mol. The number of carbonyl (C=O) groups is 2. The predicted octanol–water partition coefficient (Wildman–Crippen LogP) is 5.79. The molecule has 0 saturated carbocycles. The zero-order chi connectivity index (χ0) is 25.8. The first-order valence-corrected chi connectivity index (χ1v) is 12.7. The van der Waals surface area contributed by atoms with Gasteiger partial charge >= 0.3 is 0 Å². The second kappa shape index (κ2) is 10.9. The largest absolute Gasteiger partial charge is 0.496 e. The van der Waals surface area contributed by atoms with Crippen molar-refractivity contribution in [3.05, 3.63) is 123 Å². The van der Waals surface area contributed by atoms with E-state index in [4.69, 9.17) is 9.47 Å². The number of hydrogen-bond donors (Lipinski definition) is 2. The molecule has 5 rings (SSSR count). The minimum Gasteiger partial charge on any atom is -0.496 e. The number of hydrazine groups is 1. The average Bonchev–Trinajstić information content (AvgIpc) is 2.94. The average molecular weight is 605 g/mol. The Labute approximate surface area is 228 Å². The molecule has 2 N–H and O–H groups in total. The summed E-state index contributed by atoms with van der Waals surface area (Å²) in [5.41, 5.74) is 5.98. The third-order valence-corrected chi connectivity index (χ3v) is 6.68. The van der Waals surface area contributed by atoms with Crippen molar-refractivity contribution in [2.75, 3.05) is 12.4 Å². The molecule has 1 aliphatic heterocycles. The number of rotatable bonds is 7. The van der Waals surface area contributed by atoms with Crippen LogP contribution in [0.1, 0.15) is 38.0 Å². The first kappa shape index (κ1) is 24.6. The monoisotopic (exact) mass is 605 g/mol. The van der Waals surface area contributed by atoms with Crippen molar-refractivity contribution < 1.29 is 19.1 Å². The van der Waals surface area contributed by atoms with Crippen LogP contribution in [0, 0.1) is 3.57 Å². The van der Waals surface area contributed by atoms with Crippen molar-refractivity contribution in [2.45, 2.75) is 12.8 Å². The van der Waals surface area contributed by atoms with E-state index in [1.807, 2.05) is 66.7 Å². The summed E-state index contributed by atoms with van der Waals surface area (Å²) in [6.07, 6.45) is -0.697. The van der Waals surface area contributed by atoms with Crippen LogP contribution in [-0.2, 0) is 6.61 Å². The molecule has 0 aliphatic carbocycles. The fourth-order valence-corrected chi connectivity index (χ4v) is 4.68. The summed E-state index contributed by atoms with van der Waals surface area (Å²) in [6.45, 7) is 0.311. The van der Waals surface area contributed by atoms with Crippen LogP contribution < -0.4 is 20.2 Å². The highest BCUT2D eigenvalue weighted by atomic mass is 127. The summed E-state index contributed by atoms with van der Waals surface area (Å²) < 4.78 is 12.4. The first-order chi connectivity index (χ1) is 18.0. The van der Waals surface area contributed by atoms with E-state index >= 15 is 0 Å². The van der Waals surface area contributed by atoms with Crippen molar-refractivity contribution in [1.82, 2.24) is 10.4 Å². The molecule has 0 fully saturated rings. The second-order valence-electron chi connectivity index (χ2n) is 8.37. The fraction of sp³-hybridized carbons (Fsp3) is 0.103. The van der Waals surface area contributed by atoms with Gasteiger partial charge in [-0.2, -0.15) is 0 Å². The van der Waals surface area contributed by atoms with Gasteiger partial charge in [0, 0.05) is 14.8 Å². The Kier molecular flexibility index (Phi) is 7.27. The number of nitrogens with zero attached hydrogens (tertiary/aromatic N) is 1. The third-order valence-electron chi connectivity index (χ3n) is 6.01. The van der Waals surface area contributed by atoms with Gasteiger partial charge in [0.25, 0.3) is 11.8 Å². The Balaban J connectivity index is 1.47.